The zero-order valence-electron chi connectivity index (χ0n) is 5.48. The van der Waals surface area contributed by atoms with Crippen molar-refractivity contribution in [3.8, 4) is 0 Å². The van der Waals surface area contributed by atoms with Crippen LogP contribution in [0.2, 0.25) is 0 Å². The van der Waals surface area contributed by atoms with E-state index in [0.29, 0.717) is 0 Å². The van der Waals surface area contributed by atoms with Crippen LogP contribution in [0.1, 0.15) is 10.4 Å². The highest BCUT2D eigenvalue weighted by Gasteiger charge is 2.08. The van der Waals surface area contributed by atoms with Crippen LogP contribution >= 0.6 is 0 Å². The Labute approximate surface area is 62.3 Å². The predicted octanol–water partition coefficient (Wildman–Crippen LogP) is 0.581. The first-order valence-corrected chi connectivity index (χ1v) is 2.84. The lowest BCUT2D eigenvalue weighted by Gasteiger charge is -1.99. The number of hydrogen-bond donors (Lipinski definition) is 3. The smallest absolute Gasteiger partial charge is 0.339 e. The largest absolute Gasteiger partial charge is 0.478 e. The highest BCUT2D eigenvalue weighted by Crippen LogP contribution is 2.08. The second-order valence-corrected chi connectivity index (χ2v) is 1.82. The van der Waals surface area contributed by atoms with Crippen molar-refractivity contribution >= 4 is 11.8 Å². The zero-order chi connectivity index (χ0) is 8.27. The lowest BCUT2D eigenvalue weighted by atomic mass is 10.3. The zero-order valence-corrected chi connectivity index (χ0v) is 5.48. The molecular formula is C6H6N2O3. The highest BCUT2D eigenvalue weighted by molar-refractivity contribution is 5.92. The van der Waals surface area contributed by atoms with E-state index in [0.717, 1.165) is 0 Å². The van der Waals surface area contributed by atoms with Crippen LogP contribution in [0.15, 0.2) is 18.3 Å². The molecule has 1 rings (SSSR count). The second-order valence-electron chi connectivity index (χ2n) is 1.82. The third kappa shape index (κ3) is 1.44. The van der Waals surface area contributed by atoms with Gasteiger partial charge in [0.2, 0.25) is 0 Å². The van der Waals surface area contributed by atoms with Crippen LogP contribution in [-0.2, 0) is 0 Å². The number of carbonyl (C=O) groups is 1. The molecular weight excluding hydrogens is 148 g/mol. The van der Waals surface area contributed by atoms with Gasteiger partial charge in [0.05, 0.1) is 0 Å². The van der Waals surface area contributed by atoms with E-state index in [4.69, 9.17) is 10.3 Å². The van der Waals surface area contributed by atoms with Gasteiger partial charge < -0.3 is 5.11 Å². The summed E-state index contributed by atoms with van der Waals surface area (Å²) < 4.78 is 0. The molecule has 1 heterocycles. The first-order valence-electron chi connectivity index (χ1n) is 2.84. The summed E-state index contributed by atoms with van der Waals surface area (Å²) in [6.07, 6.45) is 1.38. The summed E-state index contributed by atoms with van der Waals surface area (Å²) in [5, 5.41) is 16.9. The maximum atomic E-state index is 10.4. The summed E-state index contributed by atoms with van der Waals surface area (Å²) in [7, 11) is 0. The molecule has 0 bridgehead atoms. The molecule has 5 heteroatoms. The maximum absolute atomic E-state index is 10.4. The van der Waals surface area contributed by atoms with E-state index in [1.165, 1.54) is 18.3 Å². The van der Waals surface area contributed by atoms with E-state index in [9.17, 15) is 4.79 Å². The predicted molar refractivity (Wildman–Crippen MR) is 36.6 cm³/mol. The number of aromatic carboxylic acids is 1. The summed E-state index contributed by atoms with van der Waals surface area (Å²) in [6.45, 7) is 0. The minimum Gasteiger partial charge on any atom is -0.478 e. The van der Waals surface area contributed by atoms with Gasteiger partial charge in [-0.15, -0.1) is 0 Å². The second kappa shape index (κ2) is 2.98. The van der Waals surface area contributed by atoms with Crippen molar-refractivity contribution < 1.29 is 15.1 Å². The fraction of sp³-hybridized carbons (Fsp3) is 0. The van der Waals surface area contributed by atoms with Gasteiger partial charge in [0, 0.05) is 6.20 Å². The van der Waals surface area contributed by atoms with Gasteiger partial charge in [0.1, 0.15) is 5.56 Å². The molecule has 1 aromatic heterocycles. The van der Waals surface area contributed by atoms with Crippen LogP contribution in [0.25, 0.3) is 0 Å². The number of aromatic nitrogens is 1. The SMILES string of the molecule is O=C(O)c1cccnc1NO. The molecule has 1 aromatic rings. The van der Waals surface area contributed by atoms with Gasteiger partial charge in [-0.25, -0.2) is 9.78 Å². The van der Waals surface area contributed by atoms with E-state index in [1.54, 1.807) is 5.48 Å². The number of carboxylic acid groups (broad SMARTS) is 1. The minimum atomic E-state index is -1.13. The third-order valence-corrected chi connectivity index (χ3v) is 1.14. The van der Waals surface area contributed by atoms with E-state index in [1.807, 2.05) is 0 Å². The number of carboxylic acids is 1. The molecule has 0 spiro atoms. The average molecular weight is 154 g/mol. The maximum Gasteiger partial charge on any atom is 0.339 e. The van der Waals surface area contributed by atoms with E-state index in [2.05, 4.69) is 4.98 Å². The van der Waals surface area contributed by atoms with Gasteiger partial charge in [-0.3, -0.25) is 10.7 Å². The van der Waals surface area contributed by atoms with Crippen LogP contribution in [0.3, 0.4) is 0 Å². The van der Waals surface area contributed by atoms with Crippen LogP contribution in [0.5, 0.6) is 0 Å². The Kier molecular flexibility index (Phi) is 2.03. The van der Waals surface area contributed by atoms with Crippen molar-refractivity contribution in [1.82, 2.24) is 4.98 Å². The quantitative estimate of drug-likeness (QED) is 0.543. The molecule has 0 amide bonds. The molecule has 0 fully saturated rings. The van der Waals surface area contributed by atoms with Crippen LogP contribution in [-0.4, -0.2) is 21.3 Å². The standard InChI is InChI=1S/C6H6N2O3/c9-6(10)4-2-1-3-7-5(4)8-11/h1-3,11H,(H,7,8)(H,9,10). The van der Waals surface area contributed by atoms with Crippen molar-refractivity contribution in [3.63, 3.8) is 0 Å². The van der Waals surface area contributed by atoms with Crippen molar-refractivity contribution in [1.29, 1.82) is 0 Å². The summed E-state index contributed by atoms with van der Waals surface area (Å²) in [5.41, 5.74) is 1.62. The first-order chi connectivity index (χ1) is 5.25. The fourth-order valence-electron chi connectivity index (χ4n) is 0.667. The molecule has 0 saturated carbocycles. The number of pyridine rings is 1. The molecule has 5 nitrogen and oxygen atoms in total. The van der Waals surface area contributed by atoms with Crippen molar-refractivity contribution in [2.75, 3.05) is 5.48 Å². The molecule has 0 aromatic carbocycles. The lowest BCUT2D eigenvalue weighted by Crippen LogP contribution is -2.04. The molecule has 0 aliphatic rings. The molecule has 0 aliphatic carbocycles. The Bertz CT molecular complexity index is 274. The Morgan fingerprint density at radius 1 is 1.64 bits per heavy atom. The normalized spacial score (nSPS) is 9.18. The van der Waals surface area contributed by atoms with Gasteiger partial charge in [0.15, 0.2) is 5.82 Å². The number of hydrogen-bond acceptors (Lipinski definition) is 4. The Morgan fingerprint density at radius 2 is 2.36 bits per heavy atom. The van der Waals surface area contributed by atoms with Gasteiger partial charge in [-0.2, -0.15) is 0 Å². The van der Waals surface area contributed by atoms with Crippen LogP contribution < -0.4 is 5.48 Å². The molecule has 0 atom stereocenters. The summed E-state index contributed by atoms with van der Waals surface area (Å²) in [5.74, 6) is -1.19. The molecule has 0 saturated heterocycles. The van der Waals surface area contributed by atoms with Crippen molar-refractivity contribution in [2.45, 2.75) is 0 Å². The molecule has 0 radical (unpaired) electrons. The minimum absolute atomic E-state index is 0.0556. The van der Waals surface area contributed by atoms with E-state index in [-0.39, 0.29) is 11.4 Å². The number of nitrogens with one attached hydrogen (secondary N) is 1. The fourth-order valence-corrected chi connectivity index (χ4v) is 0.667. The van der Waals surface area contributed by atoms with E-state index >= 15 is 0 Å². The van der Waals surface area contributed by atoms with Gasteiger partial charge in [0.25, 0.3) is 0 Å². The Hall–Kier alpha value is -1.62. The topological polar surface area (TPSA) is 82.5 Å². The molecule has 11 heavy (non-hydrogen) atoms. The molecule has 0 unspecified atom stereocenters. The number of rotatable bonds is 2. The highest BCUT2D eigenvalue weighted by atomic mass is 16.5. The lowest BCUT2D eigenvalue weighted by molar-refractivity contribution is 0.0696. The monoisotopic (exact) mass is 154 g/mol. The average Bonchev–Trinajstić information content (AvgIpc) is 2.04. The van der Waals surface area contributed by atoms with Gasteiger partial charge in [-0.1, -0.05) is 0 Å². The Morgan fingerprint density at radius 3 is 2.82 bits per heavy atom. The van der Waals surface area contributed by atoms with Crippen LogP contribution in [0.4, 0.5) is 5.82 Å². The number of nitrogens with zero attached hydrogens (tertiary/aromatic N) is 1. The molecule has 0 aliphatic heterocycles. The number of anilines is 1. The summed E-state index contributed by atoms with van der Waals surface area (Å²) in [4.78, 5) is 14.0. The van der Waals surface area contributed by atoms with Crippen LogP contribution in [0, 0.1) is 0 Å². The Balaban J connectivity index is 3.12. The van der Waals surface area contributed by atoms with Crippen molar-refractivity contribution in [3.05, 3.63) is 23.9 Å². The van der Waals surface area contributed by atoms with Gasteiger partial charge >= 0.3 is 5.97 Å². The molecule has 3 N–H and O–H groups in total. The van der Waals surface area contributed by atoms with Gasteiger partial charge in [-0.05, 0) is 12.1 Å². The van der Waals surface area contributed by atoms with Crippen molar-refractivity contribution in [2.24, 2.45) is 0 Å². The third-order valence-electron chi connectivity index (χ3n) is 1.14. The summed E-state index contributed by atoms with van der Waals surface area (Å²) in [6, 6.07) is 2.82. The van der Waals surface area contributed by atoms with E-state index < -0.39 is 5.97 Å². The first kappa shape index (κ1) is 7.49. The molecule has 58 valence electrons. The summed E-state index contributed by atoms with van der Waals surface area (Å²) >= 11 is 0.